The van der Waals surface area contributed by atoms with Crippen LogP contribution in [0.2, 0.25) is 0 Å². The van der Waals surface area contributed by atoms with E-state index in [1.807, 2.05) is 0 Å². The maximum Gasteiger partial charge on any atom is 0.273 e. The van der Waals surface area contributed by atoms with Crippen LogP contribution in [0.15, 0.2) is 18.2 Å². The van der Waals surface area contributed by atoms with Gasteiger partial charge in [-0.3, -0.25) is 10.1 Å². The molecule has 1 fully saturated rings. The molecule has 0 saturated heterocycles. The number of ether oxygens (including phenoxy) is 2. The van der Waals surface area contributed by atoms with Crippen LogP contribution in [0.3, 0.4) is 0 Å². The lowest BCUT2D eigenvalue weighted by molar-refractivity contribution is -0.384. The van der Waals surface area contributed by atoms with E-state index in [2.05, 4.69) is 5.32 Å². The zero-order chi connectivity index (χ0) is 14.5. The number of benzene rings is 1. The summed E-state index contributed by atoms with van der Waals surface area (Å²) in [5.74, 6) is 0.507. The molecular weight excluding hydrogens is 260 g/mol. The van der Waals surface area contributed by atoms with Crippen molar-refractivity contribution >= 4 is 11.4 Å². The average Bonchev–Trinajstić information content (AvgIpc) is 2.48. The Balaban J connectivity index is 2.04. The molecule has 0 atom stereocenters. The van der Waals surface area contributed by atoms with Crippen molar-refractivity contribution in [1.82, 2.24) is 0 Å². The van der Waals surface area contributed by atoms with Crippen LogP contribution >= 0.6 is 0 Å². The second kappa shape index (κ2) is 6.56. The van der Waals surface area contributed by atoms with Crippen molar-refractivity contribution < 1.29 is 14.4 Å². The number of nitrogens with zero attached hydrogens (tertiary/aromatic N) is 1. The van der Waals surface area contributed by atoms with Gasteiger partial charge in [0.15, 0.2) is 0 Å². The van der Waals surface area contributed by atoms with E-state index in [1.54, 1.807) is 13.2 Å². The SMILES string of the molecule is COc1cc([N+](=O)[O-])ccc1NC1CCC(OC)CC1. The van der Waals surface area contributed by atoms with Crippen LogP contribution in [0.25, 0.3) is 0 Å². The van der Waals surface area contributed by atoms with Gasteiger partial charge >= 0.3 is 0 Å². The average molecular weight is 280 g/mol. The van der Waals surface area contributed by atoms with Gasteiger partial charge in [0, 0.05) is 19.2 Å². The molecule has 0 unspecified atom stereocenters. The van der Waals surface area contributed by atoms with Crippen molar-refractivity contribution in [1.29, 1.82) is 0 Å². The van der Waals surface area contributed by atoms with Gasteiger partial charge in [-0.25, -0.2) is 0 Å². The number of nitrogens with one attached hydrogen (secondary N) is 1. The Morgan fingerprint density at radius 2 is 1.95 bits per heavy atom. The van der Waals surface area contributed by atoms with E-state index in [-0.39, 0.29) is 5.69 Å². The molecule has 2 rings (SSSR count). The Bertz CT molecular complexity index is 470. The zero-order valence-corrected chi connectivity index (χ0v) is 11.8. The third-order valence-corrected chi connectivity index (χ3v) is 3.76. The van der Waals surface area contributed by atoms with Crippen molar-refractivity contribution in [3.05, 3.63) is 28.3 Å². The summed E-state index contributed by atoms with van der Waals surface area (Å²) in [5.41, 5.74) is 0.842. The van der Waals surface area contributed by atoms with Crippen molar-refractivity contribution in [3.63, 3.8) is 0 Å². The molecular formula is C14H20N2O4. The van der Waals surface area contributed by atoms with E-state index in [0.29, 0.717) is 17.9 Å². The zero-order valence-electron chi connectivity index (χ0n) is 11.8. The lowest BCUT2D eigenvalue weighted by Gasteiger charge is -2.29. The Morgan fingerprint density at radius 3 is 2.50 bits per heavy atom. The fourth-order valence-corrected chi connectivity index (χ4v) is 2.58. The summed E-state index contributed by atoms with van der Waals surface area (Å²) >= 11 is 0. The third kappa shape index (κ3) is 3.39. The Morgan fingerprint density at radius 1 is 1.25 bits per heavy atom. The van der Waals surface area contributed by atoms with Crippen LogP contribution in [0.1, 0.15) is 25.7 Å². The molecule has 1 aliphatic rings. The van der Waals surface area contributed by atoms with Crippen molar-refractivity contribution in [2.75, 3.05) is 19.5 Å². The fourth-order valence-electron chi connectivity index (χ4n) is 2.58. The summed E-state index contributed by atoms with van der Waals surface area (Å²) in [4.78, 5) is 10.3. The van der Waals surface area contributed by atoms with Gasteiger partial charge < -0.3 is 14.8 Å². The Kier molecular flexibility index (Phi) is 4.79. The lowest BCUT2D eigenvalue weighted by Crippen LogP contribution is -2.29. The van der Waals surface area contributed by atoms with Gasteiger partial charge in [-0.05, 0) is 31.7 Å². The molecule has 1 saturated carbocycles. The number of methoxy groups -OCH3 is 2. The van der Waals surface area contributed by atoms with Gasteiger partial charge in [-0.1, -0.05) is 0 Å². The standard InChI is InChI=1S/C14H20N2O4/c1-19-12-6-3-10(4-7-12)15-13-8-5-11(16(17)18)9-14(13)20-2/h5,8-10,12,15H,3-4,6-7H2,1-2H3. The highest BCUT2D eigenvalue weighted by atomic mass is 16.6. The van der Waals surface area contributed by atoms with Crippen LogP contribution in [0.4, 0.5) is 11.4 Å². The number of rotatable bonds is 5. The quantitative estimate of drug-likeness (QED) is 0.663. The summed E-state index contributed by atoms with van der Waals surface area (Å²) in [5, 5.41) is 14.2. The summed E-state index contributed by atoms with van der Waals surface area (Å²) < 4.78 is 10.6. The molecule has 0 aromatic heterocycles. The Hall–Kier alpha value is -1.82. The van der Waals surface area contributed by atoms with Crippen molar-refractivity contribution in [2.45, 2.75) is 37.8 Å². The fraction of sp³-hybridized carbons (Fsp3) is 0.571. The molecule has 110 valence electrons. The minimum absolute atomic E-state index is 0.0375. The molecule has 6 nitrogen and oxygen atoms in total. The predicted octanol–water partition coefficient (Wildman–Crippen LogP) is 2.97. The Labute approximate surface area is 118 Å². The molecule has 0 radical (unpaired) electrons. The van der Waals surface area contributed by atoms with Gasteiger partial charge in [0.25, 0.3) is 5.69 Å². The van der Waals surface area contributed by atoms with Crippen LogP contribution in [-0.2, 0) is 4.74 Å². The van der Waals surface area contributed by atoms with Crippen LogP contribution < -0.4 is 10.1 Å². The molecule has 0 spiro atoms. The van der Waals surface area contributed by atoms with Crippen LogP contribution in [0.5, 0.6) is 5.75 Å². The minimum Gasteiger partial charge on any atom is -0.494 e. The maximum atomic E-state index is 10.8. The highest BCUT2D eigenvalue weighted by Crippen LogP contribution is 2.32. The van der Waals surface area contributed by atoms with Gasteiger partial charge in [0.2, 0.25) is 0 Å². The maximum absolute atomic E-state index is 10.8. The monoisotopic (exact) mass is 280 g/mol. The number of nitro benzene ring substituents is 1. The number of hydrogen-bond donors (Lipinski definition) is 1. The largest absolute Gasteiger partial charge is 0.494 e. The summed E-state index contributed by atoms with van der Waals surface area (Å²) in [6, 6.07) is 5.01. The molecule has 20 heavy (non-hydrogen) atoms. The van der Waals surface area contributed by atoms with Crippen LogP contribution in [-0.4, -0.2) is 31.3 Å². The van der Waals surface area contributed by atoms with Crippen LogP contribution in [0, 0.1) is 10.1 Å². The van der Waals surface area contributed by atoms with Gasteiger partial charge in [-0.15, -0.1) is 0 Å². The van der Waals surface area contributed by atoms with Crippen molar-refractivity contribution in [2.24, 2.45) is 0 Å². The molecule has 1 N–H and O–H groups in total. The molecule has 1 aromatic rings. The smallest absolute Gasteiger partial charge is 0.273 e. The van der Waals surface area contributed by atoms with Gasteiger partial charge in [0.05, 0.1) is 29.9 Å². The summed E-state index contributed by atoms with van der Waals surface area (Å²) in [7, 11) is 3.27. The third-order valence-electron chi connectivity index (χ3n) is 3.76. The summed E-state index contributed by atoms with van der Waals surface area (Å²) in [6.45, 7) is 0. The van der Waals surface area contributed by atoms with Crippen molar-refractivity contribution in [3.8, 4) is 5.75 Å². The first-order chi connectivity index (χ1) is 9.63. The molecule has 6 heteroatoms. The second-order valence-electron chi connectivity index (χ2n) is 5.00. The molecule has 0 bridgehead atoms. The van der Waals surface area contributed by atoms with E-state index < -0.39 is 4.92 Å². The topological polar surface area (TPSA) is 73.6 Å². The number of hydrogen-bond acceptors (Lipinski definition) is 5. The van der Waals surface area contributed by atoms with Gasteiger partial charge in [0.1, 0.15) is 5.75 Å². The first-order valence-electron chi connectivity index (χ1n) is 6.75. The van der Waals surface area contributed by atoms with E-state index in [0.717, 1.165) is 31.4 Å². The number of non-ortho nitro benzene ring substituents is 1. The molecule has 0 amide bonds. The molecule has 0 heterocycles. The van der Waals surface area contributed by atoms with E-state index in [1.165, 1.54) is 19.2 Å². The molecule has 1 aromatic carbocycles. The van der Waals surface area contributed by atoms with Gasteiger partial charge in [-0.2, -0.15) is 0 Å². The molecule has 0 aliphatic heterocycles. The normalized spacial score (nSPS) is 22.3. The lowest BCUT2D eigenvalue weighted by atomic mass is 9.93. The number of nitro groups is 1. The molecule has 1 aliphatic carbocycles. The van der Waals surface area contributed by atoms with E-state index >= 15 is 0 Å². The highest BCUT2D eigenvalue weighted by Gasteiger charge is 2.22. The predicted molar refractivity (Wildman–Crippen MR) is 76.3 cm³/mol. The first kappa shape index (κ1) is 14.6. The van der Waals surface area contributed by atoms with E-state index in [9.17, 15) is 10.1 Å². The van der Waals surface area contributed by atoms with E-state index in [4.69, 9.17) is 9.47 Å². The minimum atomic E-state index is -0.421. The summed E-state index contributed by atoms with van der Waals surface area (Å²) in [6.07, 6.45) is 4.47. The second-order valence-corrected chi connectivity index (χ2v) is 5.00. The first-order valence-corrected chi connectivity index (χ1v) is 6.75. The number of anilines is 1. The highest BCUT2D eigenvalue weighted by molar-refractivity contribution is 5.61.